The van der Waals surface area contributed by atoms with E-state index in [-0.39, 0.29) is 0 Å². The van der Waals surface area contributed by atoms with Crippen LogP contribution < -0.4 is 5.32 Å². The normalized spacial score (nSPS) is 39.2. The molecular weight excluding hydrogens is 210 g/mol. The minimum atomic E-state index is 0.505. The van der Waals surface area contributed by atoms with Crippen molar-refractivity contribution in [3.8, 4) is 0 Å². The zero-order valence-corrected chi connectivity index (χ0v) is 11.6. The summed E-state index contributed by atoms with van der Waals surface area (Å²) in [6.45, 7) is 2.35. The lowest BCUT2D eigenvalue weighted by Crippen LogP contribution is -2.46. The van der Waals surface area contributed by atoms with Crippen molar-refractivity contribution in [2.75, 3.05) is 7.11 Å². The molecule has 2 saturated carbocycles. The molecule has 2 aliphatic carbocycles. The Morgan fingerprint density at radius 2 is 1.88 bits per heavy atom. The summed E-state index contributed by atoms with van der Waals surface area (Å²) >= 11 is 0. The summed E-state index contributed by atoms with van der Waals surface area (Å²) in [5.41, 5.74) is 0. The summed E-state index contributed by atoms with van der Waals surface area (Å²) in [6.07, 6.45) is 12.7. The predicted molar refractivity (Wildman–Crippen MR) is 72.2 cm³/mol. The van der Waals surface area contributed by atoms with Crippen molar-refractivity contribution in [2.45, 2.75) is 82.9 Å². The Kier molecular flexibility index (Phi) is 5.30. The number of hydrogen-bond acceptors (Lipinski definition) is 2. The zero-order chi connectivity index (χ0) is 12.1. The highest BCUT2D eigenvalue weighted by molar-refractivity contribution is 4.86. The second-order valence-corrected chi connectivity index (χ2v) is 5.95. The van der Waals surface area contributed by atoms with Gasteiger partial charge in [0, 0.05) is 19.2 Å². The number of methoxy groups -OCH3 is 1. The van der Waals surface area contributed by atoms with Gasteiger partial charge in [-0.2, -0.15) is 0 Å². The van der Waals surface area contributed by atoms with Crippen LogP contribution in [0.5, 0.6) is 0 Å². The minimum absolute atomic E-state index is 0.505. The van der Waals surface area contributed by atoms with E-state index in [4.69, 9.17) is 4.74 Å². The fraction of sp³-hybridized carbons (Fsp3) is 1.00. The number of hydrogen-bond donors (Lipinski definition) is 1. The molecule has 2 rings (SSSR count). The van der Waals surface area contributed by atoms with Crippen LogP contribution in [0.15, 0.2) is 0 Å². The van der Waals surface area contributed by atoms with Crippen LogP contribution in [-0.4, -0.2) is 25.3 Å². The molecular formula is C15H29NO. The molecule has 0 aromatic heterocycles. The van der Waals surface area contributed by atoms with Crippen LogP contribution >= 0.6 is 0 Å². The molecule has 2 aliphatic rings. The Morgan fingerprint density at radius 1 is 1.06 bits per heavy atom. The van der Waals surface area contributed by atoms with Gasteiger partial charge in [-0.1, -0.05) is 26.2 Å². The first-order valence-corrected chi connectivity index (χ1v) is 7.62. The summed E-state index contributed by atoms with van der Waals surface area (Å²) < 4.78 is 5.52. The van der Waals surface area contributed by atoms with Gasteiger partial charge in [0.25, 0.3) is 0 Å². The second kappa shape index (κ2) is 6.75. The smallest absolute Gasteiger partial charge is 0.0586 e. The monoisotopic (exact) mass is 239 g/mol. The van der Waals surface area contributed by atoms with Crippen LogP contribution in [0.1, 0.15) is 64.7 Å². The molecule has 0 aromatic carbocycles. The van der Waals surface area contributed by atoms with Crippen LogP contribution in [0.25, 0.3) is 0 Å². The summed E-state index contributed by atoms with van der Waals surface area (Å²) in [7, 11) is 1.86. The van der Waals surface area contributed by atoms with E-state index in [9.17, 15) is 0 Å². The van der Waals surface area contributed by atoms with Gasteiger partial charge in [-0.05, 0) is 44.4 Å². The molecule has 2 fully saturated rings. The van der Waals surface area contributed by atoms with Crippen molar-refractivity contribution in [1.82, 2.24) is 5.32 Å². The molecule has 0 bridgehead atoms. The van der Waals surface area contributed by atoms with Crippen molar-refractivity contribution in [3.05, 3.63) is 0 Å². The van der Waals surface area contributed by atoms with Crippen molar-refractivity contribution in [1.29, 1.82) is 0 Å². The maximum absolute atomic E-state index is 5.52. The minimum Gasteiger partial charge on any atom is -0.381 e. The van der Waals surface area contributed by atoms with Crippen molar-refractivity contribution in [3.63, 3.8) is 0 Å². The average molecular weight is 239 g/mol. The topological polar surface area (TPSA) is 21.3 Å². The van der Waals surface area contributed by atoms with Gasteiger partial charge in [0.1, 0.15) is 0 Å². The van der Waals surface area contributed by atoms with Crippen LogP contribution in [0.3, 0.4) is 0 Å². The van der Waals surface area contributed by atoms with E-state index in [1.54, 1.807) is 0 Å². The highest BCUT2D eigenvalue weighted by atomic mass is 16.5. The average Bonchev–Trinajstić information content (AvgIpc) is 2.39. The van der Waals surface area contributed by atoms with E-state index in [1.165, 1.54) is 57.8 Å². The molecule has 0 heterocycles. The fourth-order valence-corrected chi connectivity index (χ4v) is 3.73. The van der Waals surface area contributed by atoms with Crippen LogP contribution in [0.2, 0.25) is 0 Å². The summed E-state index contributed by atoms with van der Waals surface area (Å²) in [5.74, 6) is 0.923. The highest BCUT2D eigenvalue weighted by Gasteiger charge is 2.28. The standard InChI is InChI=1S/C15H29NO/c1-3-12-7-4-5-10-15(12)16-13-8-6-9-14(11-13)17-2/h12-16H,3-11H2,1-2H3. The molecule has 0 radical (unpaired) electrons. The molecule has 100 valence electrons. The Labute approximate surface area is 107 Å². The third-order valence-electron chi connectivity index (χ3n) is 4.84. The second-order valence-electron chi connectivity index (χ2n) is 5.95. The van der Waals surface area contributed by atoms with Gasteiger partial charge >= 0.3 is 0 Å². The fourth-order valence-electron chi connectivity index (χ4n) is 3.73. The maximum Gasteiger partial charge on any atom is 0.0586 e. The van der Waals surface area contributed by atoms with Crippen LogP contribution in [-0.2, 0) is 4.74 Å². The highest BCUT2D eigenvalue weighted by Crippen LogP contribution is 2.29. The van der Waals surface area contributed by atoms with E-state index >= 15 is 0 Å². The first-order chi connectivity index (χ1) is 8.33. The lowest BCUT2D eigenvalue weighted by molar-refractivity contribution is 0.0535. The lowest BCUT2D eigenvalue weighted by Gasteiger charge is -2.37. The SMILES string of the molecule is CCC1CCCCC1NC1CCCC(OC)C1. The molecule has 2 heteroatoms. The lowest BCUT2D eigenvalue weighted by atomic mass is 9.81. The third-order valence-corrected chi connectivity index (χ3v) is 4.84. The Hall–Kier alpha value is -0.0800. The Balaban J connectivity index is 1.81. The molecule has 2 nitrogen and oxygen atoms in total. The number of rotatable bonds is 4. The number of nitrogens with one attached hydrogen (secondary N) is 1. The van der Waals surface area contributed by atoms with Crippen LogP contribution in [0.4, 0.5) is 0 Å². The Bertz CT molecular complexity index is 219. The molecule has 4 atom stereocenters. The van der Waals surface area contributed by atoms with E-state index < -0.39 is 0 Å². The van der Waals surface area contributed by atoms with Gasteiger partial charge in [-0.25, -0.2) is 0 Å². The molecule has 4 unspecified atom stereocenters. The van der Waals surface area contributed by atoms with Gasteiger partial charge in [0.15, 0.2) is 0 Å². The maximum atomic E-state index is 5.52. The first-order valence-electron chi connectivity index (χ1n) is 7.62. The summed E-state index contributed by atoms with van der Waals surface area (Å²) in [6, 6.07) is 1.50. The van der Waals surface area contributed by atoms with Gasteiger partial charge in [-0.3, -0.25) is 0 Å². The molecule has 0 aliphatic heterocycles. The van der Waals surface area contributed by atoms with Gasteiger partial charge in [0.2, 0.25) is 0 Å². The van der Waals surface area contributed by atoms with E-state index in [0.717, 1.165) is 12.0 Å². The van der Waals surface area contributed by atoms with Crippen molar-refractivity contribution >= 4 is 0 Å². The quantitative estimate of drug-likeness (QED) is 0.810. The molecule has 17 heavy (non-hydrogen) atoms. The molecule has 0 aromatic rings. The summed E-state index contributed by atoms with van der Waals surface area (Å²) in [4.78, 5) is 0. The largest absolute Gasteiger partial charge is 0.381 e. The van der Waals surface area contributed by atoms with Gasteiger partial charge < -0.3 is 10.1 Å². The Morgan fingerprint density at radius 3 is 2.65 bits per heavy atom. The predicted octanol–water partition coefficient (Wildman–Crippen LogP) is 3.50. The molecule has 0 saturated heterocycles. The summed E-state index contributed by atoms with van der Waals surface area (Å²) in [5, 5.41) is 3.94. The van der Waals surface area contributed by atoms with Crippen LogP contribution in [0, 0.1) is 5.92 Å². The van der Waals surface area contributed by atoms with Gasteiger partial charge in [0.05, 0.1) is 6.10 Å². The van der Waals surface area contributed by atoms with Crippen molar-refractivity contribution in [2.24, 2.45) is 5.92 Å². The van der Waals surface area contributed by atoms with Crippen molar-refractivity contribution < 1.29 is 4.74 Å². The first kappa shape index (κ1) is 13.4. The van der Waals surface area contributed by atoms with E-state index in [0.29, 0.717) is 12.1 Å². The zero-order valence-electron chi connectivity index (χ0n) is 11.6. The number of ether oxygens (including phenoxy) is 1. The van der Waals surface area contributed by atoms with Gasteiger partial charge in [-0.15, -0.1) is 0 Å². The van der Waals surface area contributed by atoms with E-state index in [1.807, 2.05) is 7.11 Å². The molecule has 0 amide bonds. The van der Waals surface area contributed by atoms with E-state index in [2.05, 4.69) is 12.2 Å². The molecule has 1 N–H and O–H groups in total. The molecule has 0 spiro atoms. The third kappa shape index (κ3) is 3.69.